The molecule has 22 heavy (non-hydrogen) atoms. The van der Waals surface area contributed by atoms with Crippen molar-refractivity contribution in [2.45, 2.75) is 117 Å². The van der Waals surface area contributed by atoms with Gasteiger partial charge in [-0.3, -0.25) is 4.79 Å². The summed E-state index contributed by atoms with van der Waals surface area (Å²) >= 11 is 0. The predicted molar refractivity (Wildman–Crippen MR) is 96.3 cm³/mol. The van der Waals surface area contributed by atoms with Crippen molar-refractivity contribution in [3.05, 3.63) is 0 Å². The van der Waals surface area contributed by atoms with Crippen molar-refractivity contribution in [2.24, 2.45) is 5.92 Å². The zero-order chi connectivity index (χ0) is 16.5. The van der Waals surface area contributed by atoms with Crippen LogP contribution < -0.4 is 0 Å². The average molecular weight is 313 g/mol. The molecule has 0 bridgehead atoms. The standard InChI is InChI=1S/C20H40O2/c1-3-4-5-6-7-10-13-16-19(2)17-14-11-8-9-12-15-18-20(21)22/h19H,3-18H2,1-2H3,(H,21,22)/t19-/m1/s1. The number of carbonyl (C=O) groups is 1. The molecule has 0 amide bonds. The van der Waals surface area contributed by atoms with Gasteiger partial charge in [0.1, 0.15) is 0 Å². The van der Waals surface area contributed by atoms with E-state index in [1.54, 1.807) is 0 Å². The third-order valence-electron chi connectivity index (χ3n) is 4.64. The first kappa shape index (κ1) is 21.5. The van der Waals surface area contributed by atoms with Gasteiger partial charge in [-0.25, -0.2) is 0 Å². The zero-order valence-corrected chi connectivity index (χ0v) is 15.2. The van der Waals surface area contributed by atoms with Crippen LogP contribution in [-0.2, 0) is 4.79 Å². The maximum Gasteiger partial charge on any atom is 0.303 e. The van der Waals surface area contributed by atoms with E-state index < -0.39 is 5.97 Å². The summed E-state index contributed by atoms with van der Waals surface area (Å²) in [6.07, 6.45) is 20.1. The fourth-order valence-electron chi connectivity index (χ4n) is 3.07. The van der Waals surface area contributed by atoms with E-state index in [2.05, 4.69) is 13.8 Å². The van der Waals surface area contributed by atoms with Crippen molar-refractivity contribution >= 4 is 5.97 Å². The van der Waals surface area contributed by atoms with Gasteiger partial charge in [0.05, 0.1) is 0 Å². The molecule has 0 aliphatic rings. The third kappa shape index (κ3) is 17.5. The molecule has 2 nitrogen and oxygen atoms in total. The number of hydrogen-bond acceptors (Lipinski definition) is 1. The smallest absolute Gasteiger partial charge is 0.303 e. The Balaban J connectivity index is 3.15. The molecule has 1 N–H and O–H groups in total. The molecule has 0 saturated heterocycles. The molecule has 0 aromatic heterocycles. The fourth-order valence-corrected chi connectivity index (χ4v) is 3.07. The molecule has 0 rings (SSSR count). The Morgan fingerprint density at radius 3 is 1.59 bits per heavy atom. The molecule has 132 valence electrons. The lowest BCUT2D eigenvalue weighted by Gasteiger charge is -2.11. The Kier molecular flexibility index (Phi) is 16.4. The van der Waals surface area contributed by atoms with Crippen LogP contribution in [0, 0.1) is 5.92 Å². The normalized spacial score (nSPS) is 12.5. The van der Waals surface area contributed by atoms with Crippen LogP contribution in [0.25, 0.3) is 0 Å². The van der Waals surface area contributed by atoms with E-state index in [1.807, 2.05) is 0 Å². The van der Waals surface area contributed by atoms with E-state index in [1.165, 1.54) is 83.5 Å². The van der Waals surface area contributed by atoms with Crippen molar-refractivity contribution in [2.75, 3.05) is 0 Å². The molecular formula is C20H40O2. The molecule has 0 aromatic carbocycles. The Hall–Kier alpha value is -0.530. The molecule has 0 radical (unpaired) electrons. The molecule has 0 aliphatic heterocycles. The predicted octanol–water partition coefficient (Wildman–Crippen LogP) is 6.97. The lowest BCUT2D eigenvalue weighted by Crippen LogP contribution is -1.95. The minimum absolute atomic E-state index is 0.343. The number of carboxylic acid groups (broad SMARTS) is 1. The quantitative estimate of drug-likeness (QED) is 0.294. The van der Waals surface area contributed by atoms with Crippen LogP contribution >= 0.6 is 0 Å². The molecule has 0 unspecified atom stereocenters. The van der Waals surface area contributed by atoms with Gasteiger partial charge in [0.2, 0.25) is 0 Å². The number of unbranched alkanes of at least 4 members (excludes halogenated alkanes) is 11. The fraction of sp³-hybridized carbons (Fsp3) is 0.950. The first-order valence-corrected chi connectivity index (χ1v) is 9.88. The van der Waals surface area contributed by atoms with Gasteiger partial charge in [0, 0.05) is 6.42 Å². The van der Waals surface area contributed by atoms with Crippen LogP contribution in [0.5, 0.6) is 0 Å². The monoisotopic (exact) mass is 312 g/mol. The first-order chi connectivity index (χ1) is 10.7. The molecule has 0 spiro atoms. The Morgan fingerprint density at radius 1 is 0.727 bits per heavy atom. The highest BCUT2D eigenvalue weighted by atomic mass is 16.4. The third-order valence-corrected chi connectivity index (χ3v) is 4.64. The van der Waals surface area contributed by atoms with Crippen LogP contribution in [0.1, 0.15) is 117 Å². The molecule has 2 heteroatoms. The van der Waals surface area contributed by atoms with Gasteiger partial charge in [-0.1, -0.05) is 104 Å². The molecule has 0 aromatic rings. The second-order valence-corrected chi connectivity index (χ2v) is 7.07. The summed E-state index contributed by atoms with van der Waals surface area (Å²) < 4.78 is 0. The van der Waals surface area contributed by atoms with Gasteiger partial charge >= 0.3 is 5.97 Å². The van der Waals surface area contributed by atoms with Gasteiger partial charge in [0.25, 0.3) is 0 Å². The number of hydrogen-bond donors (Lipinski definition) is 1. The summed E-state index contributed by atoms with van der Waals surface area (Å²) in [7, 11) is 0. The minimum atomic E-state index is -0.654. The van der Waals surface area contributed by atoms with E-state index in [9.17, 15) is 4.79 Å². The van der Waals surface area contributed by atoms with E-state index in [0.717, 1.165) is 18.8 Å². The van der Waals surface area contributed by atoms with E-state index in [4.69, 9.17) is 5.11 Å². The highest BCUT2D eigenvalue weighted by Crippen LogP contribution is 2.18. The Bertz CT molecular complexity index is 238. The van der Waals surface area contributed by atoms with Gasteiger partial charge in [-0.05, 0) is 12.3 Å². The molecule has 0 aliphatic carbocycles. The maximum absolute atomic E-state index is 10.4. The first-order valence-electron chi connectivity index (χ1n) is 9.88. The second-order valence-electron chi connectivity index (χ2n) is 7.07. The highest BCUT2D eigenvalue weighted by molar-refractivity contribution is 5.66. The molecular weight excluding hydrogens is 272 g/mol. The van der Waals surface area contributed by atoms with Crippen molar-refractivity contribution < 1.29 is 9.90 Å². The molecule has 0 fully saturated rings. The molecule has 0 saturated carbocycles. The van der Waals surface area contributed by atoms with E-state index in [0.29, 0.717) is 6.42 Å². The maximum atomic E-state index is 10.4. The van der Waals surface area contributed by atoms with Crippen LogP contribution in [0.3, 0.4) is 0 Å². The molecule has 0 heterocycles. The lowest BCUT2D eigenvalue weighted by molar-refractivity contribution is -0.137. The van der Waals surface area contributed by atoms with E-state index in [-0.39, 0.29) is 0 Å². The average Bonchev–Trinajstić information content (AvgIpc) is 2.48. The summed E-state index contributed by atoms with van der Waals surface area (Å²) in [5, 5.41) is 8.56. The van der Waals surface area contributed by atoms with Crippen molar-refractivity contribution in [3.8, 4) is 0 Å². The highest BCUT2D eigenvalue weighted by Gasteiger charge is 2.02. The van der Waals surface area contributed by atoms with Gasteiger partial charge in [-0.15, -0.1) is 0 Å². The summed E-state index contributed by atoms with van der Waals surface area (Å²) in [6, 6.07) is 0. The van der Waals surface area contributed by atoms with Gasteiger partial charge in [-0.2, -0.15) is 0 Å². The molecule has 1 atom stereocenters. The van der Waals surface area contributed by atoms with Crippen LogP contribution in [-0.4, -0.2) is 11.1 Å². The van der Waals surface area contributed by atoms with E-state index >= 15 is 0 Å². The van der Waals surface area contributed by atoms with Crippen molar-refractivity contribution in [3.63, 3.8) is 0 Å². The van der Waals surface area contributed by atoms with Crippen molar-refractivity contribution in [1.29, 1.82) is 0 Å². The summed E-state index contributed by atoms with van der Waals surface area (Å²) in [6.45, 7) is 4.68. The summed E-state index contributed by atoms with van der Waals surface area (Å²) in [5.41, 5.74) is 0. The largest absolute Gasteiger partial charge is 0.481 e. The van der Waals surface area contributed by atoms with Gasteiger partial charge < -0.3 is 5.11 Å². The van der Waals surface area contributed by atoms with Crippen LogP contribution in [0.15, 0.2) is 0 Å². The van der Waals surface area contributed by atoms with Crippen molar-refractivity contribution in [1.82, 2.24) is 0 Å². The topological polar surface area (TPSA) is 37.3 Å². The van der Waals surface area contributed by atoms with Crippen LogP contribution in [0.2, 0.25) is 0 Å². The second kappa shape index (κ2) is 16.8. The number of aliphatic carboxylic acids is 1. The lowest BCUT2D eigenvalue weighted by atomic mass is 9.96. The Morgan fingerprint density at radius 2 is 1.14 bits per heavy atom. The summed E-state index contributed by atoms with van der Waals surface area (Å²) in [4.78, 5) is 10.4. The minimum Gasteiger partial charge on any atom is -0.481 e. The number of rotatable bonds is 17. The van der Waals surface area contributed by atoms with Crippen LogP contribution in [0.4, 0.5) is 0 Å². The zero-order valence-electron chi connectivity index (χ0n) is 15.2. The summed E-state index contributed by atoms with van der Waals surface area (Å²) in [5.74, 6) is 0.238. The Labute approximate surface area is 139 Å². The SMILES string of the molecule is CCCCCCCCC[C@@H](C)CCCCCCCCC(=O)O. The number of carboxylic acids is 1. The van der Waals surface area contributed by atoms with Gasteiger partial charge in [0.15, 0.2) is 0 Å².